The lowest BCUT2D eigenvalue weighted by molar-refractivity contribution is -0.139. The van der Waals surface area contributed by atoms with E-state index in [-0.39, 0.29) is 24.8 Å². The molecule has 9 heteroatoms. The van der Waals surface area contributed by atoms with Gasteiger partial charge in [0.15, 0.2) is 5.72 Å². The Morgan fingerprint density at radius 3 is 2.33 bits per heavy atom. The number of benzene rings is 3. The van der Waals surface area contributed by atoms with Crippen LogP contribution in [-0.4, -0.2) is 22.1 Å². The normalized spacial score (nSPS) is 17.8. The second-order valence-corrected chi connectivity index (χ2v) is 8.89. The molecule has 1 aliphatic carbocycles. The third kappa shape index (κ3) is 5.42. The summed E-state index contributed by atoms with van der Waals surface area (Å²) in [6, 6.07) is 18.7. The molecular weight excluding hydrogens is 473 g/mol. The number of amides is 2. The fraction of sp³-hybridized carbons (Fsp3) is 0.259. The Bertz CT molecular complexity index is 1260. The molecule has 2 atom stereocenters. The van der Waals surface area contributed by atoms with Gasteiger partial charge in [0.2, 0.25) is 11.8 Å². The Morgan fingerprint density at radius 2 is 1.64 bits per heavy atom. The minimum atomic E-state index is -4.50. The number of aliphatic hydroxyl groups is 1. The molecular formula is C27H25F3N2O4. The Hall–Kier alpha value is -3.69. The van der Waals surface area contributed by atoms with E-state index >= 15 is 0 Å². The quantitative estimate of drug-likeness (QED) is 0.221. The molecule has 3 aromatic rings. The first-order valence-electron chi connectivity index (χ1n) is 11.4. The molecule has 0 aromatic heterocycles. The van der Waals surface area contributed by atoms with E-state index in [9.17, 15) is 27.9 Å². The largest absolute Gasteiger partial charge is 0.417 e. The number of fused-ring (bicyclic) bond motifs is 1. The lowest BCUT2D eigenvalue weighted by Gasteiger charge is -2.28. The first-order valence-corrected chi connectivity index (χ1v) is 11.4. The summed E-state index contributed by atoms with van der Waals surface area (Å²) in [6.07, 6.45) is -3.92. The second-order valence-electron chi connectivity index (χ2n) is 8.89. The number of rotatable bonds is 7. The van der Waals surface area contributed by atoms with Gasteiger partial charge in [-0.15, -0.1) is 0 Å². The zero-order valence-electron chi connectivity index (χ0n) is 19.2. The van der Waals surface area contributed by atoms with Crippen molar-refractivity contribution >= 4 is 11.8 Å². The van der Waals surface area contributed by atoms with Gasteiger partial charge >= 0.3 is 6.18 Å². The van der Waals surface area contributed by atoms with E-state index in [2.05, 4.69) is 5.32 Å². The van der Waals surface area contributed by atoms with Crippen molar-refractivity contribution in [3.8, 4) is 11.1 Å². The molecule has 6 nitrogen and oxygen atoms in total. The minimum Gasteiger partial charge on any atom is -0.367 e. The van der Waals surface area contributed by atoms with Gasteiger partial charge in [0.05, 0.1) is 11.5 Å². The van der Waals surface area contributed by atoms with Crippen molar-refractivity contribution < 1.29 is 33.1 Å². The van der Waals surface area contributed by atoms with Gasteiger partial charge in [0, 0.05) is 18.4 Å². The van der Waals surface area contributed by atoms with Gasteiger partial charge in [0.1, 0.15) is 0 Å². The molecule has 3 aromatic carbocycles. The van der Waals surface area contributed by atoms with Crippen molar-refractivity contribution in [2.24, 2.45) is 5.92 Å². The van der Waals surface area contributed by atoms with E-state index < -0.39 is 35.2 Å². The summed E-state index contributed by atoms with van der Waals surface area (Å²) in [5.74, 6) is -2.30. The van der Waals surface area contributed by atoms with Gasteiger partial charge < -0.3 is 10.4 Å². The third-order valence-corrected chi connectivity index (χ3v) is 6.46. The highest BCUT2D eigenvalue weighted by Crippen LogP contribution is 2.37. The van der Waals surface area contributed by atoms with E-state index in [1.165, 1.54) is 35.8 Å². The smallest absolute Gasteiger partial charge is 0.367 e. The lowest BCUT2D eigenvalue weighted by atomic mass is 9.92. The zero-order chi connectivity index (χ0) is 25.9. The van der Waals surface area contributed by atoms with Crippen LogP contribution in [0.1, 0.15) is 35.1 Å². The number of aryl methyl sites for hydroxylation is 1. The number of carbonyl (C=O) groups excluding carboxylic acids is 2. The second kappa shape index (κ2) is 10.1. The van der Waals surface area contributed by atoms with Crippen LogP contribution in [0, 0.1) is 5.92 Å². The van der Waals surface area contributed by atoms with Gasteiger partial charge in [-0.05, 0) is 41.2 Å². The molecule has 0 radical (unpaired) electrons. The van der Waals surface area contributed by atoms with Crippen LogP contribution in [0.4, 0.5) is 13.2 Å². The molecule has 1 aliphatic rings. The molecule has 0 saturated carbocycles. The van der Waals surface area contributed by atoms with Crippen LogP contribution < -0.4 is 10.8 Å². The Kier molecular flexibility index (Phi) is 7.14. The molecule has 0 spiro atoms. The topological polar surface area (TPSA) is 98.7 Å². The summed E-state index contributed by atoms with van der Waals surface area (Å²) >= 11 is 0. The van der Waals surface area contributed by atoms with E-state index in [1.54, 1.807) is 24.3 Å². The van der Waals surface area contributed by atoms with E-state index in [1.807, 2.05) is 12.1 Å². The maximum atomic E-state index is 13.4. The van der Waals surface area contributed by atoms with Crippen molar-refractivity contribution in [2.75, 3.05) is 0 Å². The molecule has 0 heterocycles. The van der Waals surface area contributed by atoms with Crippen molar-refractivity contribution in [2.45, 2.75) is 37.6 Å². The summed E-state index contributed by atoms with van der Waals surface area (Å²) in [4.78, 5) is 25.0. The zero-order valence-corrected chi connectivity index (χ0v) is 19.2. The molecule has 0 bridgehead atoms. The average Bonchev–Trinajstić information content (AvgIpc) is 3.19. The highest BCUT2D eigenvalue weighted by Gasteiger charge is 2.39. The number of halogens is 3. The lowest BCUT2D eigenvalue weighted by Crippen LogP contribution is -2.47. The molecule has 4 N–H and O–H groups in total. The highest BCUT2D eigenvalue weighted by atomic mass is 19.4. The minimum absolute atomic E-state index is 0.0348. The maximum absolute atomic E-state index is 13.4. The molecule has 4 rings (SSSR count). The Morgan fingerprint density at radius 1 is 0.972 bits per heavy atom. The summed E-state index contributed by atoms with van der Waals surface area (Å²) in [5, 5.41) is 22.7. The van der Waals surface area contributed by atoms with Crippen LogP contribution in [0.25, 0.3) is 11.1 Å². The molecule has 36 heavy (non-hydrogen) atoms. The van der Waals surface area contributed by atoms with Crippen molar-refractivity contribution in [1.29, 1.82) is 0 Å². The first kappa shape index (κ1) is 25.4. The summed E-state index contributed by atoms with van der Waals surface area (Å²) < 4.78 is 40.2. The van der Waals surface area contributed by atoms with Gasteiger partial charge in [-0.1, -0.05) is 66.7 Å². The molecule has 0 fully saturated rings. The number of hydrogen-bond donors (Lipinski definition) is 4. The highest BCUT2D eigenvalue weighted by molar-refractivity contribution is 5.86. The van der Waals surface area contributed by atoms with Crippen molar-refractivity contribution in [1.82, 2.24) is 10.8 Å². The van der Waals surface area contributed by atoms with Crippen LogP contribution in [0.5, 0.6) is 0 Å². The summed E-state index contributed by atoms with van der Waals surface area (Å²) in [6.45, 7) is 0. The summed E-state index contributed by atoms with van der Waals surface area (Å²) in [5.41, 5.74) is 1.70. The number of carbonyl (C=O) groups is 2. The predicted molar refractivity (Wildman–Crippen MR) is 125 cm³/mol. The SMILES string of the molecule is O=C(C[C@@H](Cc1ccc(-c2ccccc2C(F)(F)F)cc1)C(=O)N[C@]1(O)CCc2ccccc21)NO. The van der Waals surface area contributed by atoms with E-state index in [0.29, 0.717) is 23.1 Å². The fourth-order valence-corrected chi connectivity index (χ4v) is 4.64. The van der Waals surface area contributed by atoms with Gasteiger partial charge in [-0.3, -0.25) is 14.8 Å². The first-order chi connectivity index (χ1) is 17.1. The maximum Gasteiger partial charge on any atom is 0.417 e. The van der Waals surface area contributed by atoms with Crippen LogP contribution in [-0.2, 0) is 34.3 Å². The van der Waals surface area contributed by atoms with E-state index in [4.69, 9.17) is 5.21 Å². The molecule has 2 amide bonds. The number of alkyl halides is 3. The predicted octanol–water partition coefficient (Wildman–Crippen LogP) is 4.33. The third-order valence-electron chi connectivity index (χ3n) is 6.46. The standard InChI is InChI=1S/C27H25F3N2O4/c28-27(29,30)23-8-4-2-6-21(23)18-11-9-17(10-12-18)15-20(16-24(33)32-36)25(34)31-26(35)14-13-19-5-1-3-7-22(19)26/h1-12,20,35-36H,13-16H2,(H,31,34)(H,32,33)/t20-,26+/m1/s1. The Labute approximate surface area is 205 Å². The van der Waals surface area contributed by atoms with Crippen molar-refractivity contribution in [3.63, 3.8) is 0 Å². The number of nitrogens with one attached hydrogen (secondary N) is 2. The Balaban J connectivity index is 1.54. The number of hydroxylamine groups is 1. The van der Waals surface area contributed by atoms with Gasteiger partial charge in [-0.2, -0.15) is 13.2 Å². The van der Waals surface area contributed by atoms with Crippen LogP contribution >= 0.6 is 0 Å². The molecule has 0 unspecified atom stereocenters. The van der Waals surface area contributed by atoms with Crippen LogP contribution in [0.15, 0.2) is 72.8 Å². The summed E-state index contributed by atoms with van der Waals surface area (Å²) in [7, 11) is 0. The molecule has 0 saturated heterocycles. The van der Waals surface area contributed by atoms with Gasteiger partial charge in [-0.25, -0.2) is 5.48 Å². The molecule has 0 aliphatic heterocycles. The van der Waals surface area contributed by atoms with Crippen LogP contribution in [0.2, 0.25) is 0 Å². The monoisotopic (exact) mass is 498 g/mol. The van der Waals surface area contributed by atoms with Gasteiger partial charge in [0.25, 0.3) is 0 Å². The fourth-order valence-electron chi connectivity index (χ4n) is 4.64. The van der Waals surface area contributed by atoms with E-state index in [0.717, 1.165) is 11.6 Å². The average molecular weight is 499 g/mol. The van der Waals surface area contributed by atoms with Crippen LogP contribution in [0.3, 0.4) is 0 Å². The number of hydrogen-bond acceptors (Lipinski definition) is 4. The van der Waals surface area contributed by atoms with Crippen molar-refractivity contribution in [3.05, 3.63) is 95.1 Å². The molecule has 188 valence electrons.